The minimum Gasteiger partial charge on any atom is -0.409 e. The maximum Gasteiger partial charge on any atom is 0.141 e. The SMILES string of the molecule is CC1(C)CC1NC(CC(N)=NO)c1ccccc1. The monoisotopic (exact) mass is 247 g/mol. The van der Waals surface area contributed by atoms with E-state index in [1.54, 1.807) is 0 Å². The van der Waals surface area contributed by atoms with Crippen LogP contribution in [-0.2, 0) is 0 Å². The van der Waals surface area contributed by atoms with Gasteiger partial charge in [0.15, 0.2) is 0 Å². The van der Waals surface area contributed by atoms with Gasteiger partial charge in [-0.05, 0) is 17.4 Å². The molecule has 0 radical (unpaired) electrons. The van der Waals surface area contributed by atoms with E-state index >= 15 is 0 Å². The van der Waals surface area contributed by atoms with Gasteiger partial charge >= 0.3 is 0 Å². The van der Waals surface area contributed by atoms with Crippen LogP contribution in [0.1, 0.15) is 38.3 Å². The minimum atomic E-state index is 0.105. The molecule has 2 unspecified atom stereocenters. The van der Waals surface area contributed by atoms with E-state index in [4.69, 9.17) is 10.9 Å². The van der Waals surface area contributed by atoms with Crippen molar-refractivity contribution in [3.63, 3.8) is 0 Å². The number of oxime groups is 1. The molecule has 1 aromatic rings. The van der Waals surface area contributed by atoms with Gasteiger partial charge in [-0.3, -0.25) is 0 Å². The fourth-order valence-electron chi connectivity index (χ4n) is 2.20. The minimum absolute atomic E-state index is 0.105. The molecule has 0 aliphatic heterocycles. The van der Waals surface area contributed by atoms with Gasteiger partial charge in [0.1, 0.15) is 5.84 Å². The Kier molecular flexibility index (Phi) is 3.57. The highest BCUT2D eigenvalue weighted by Crippen LogP contribution is 2.45. The zero-order chi connectivity index (χ0) is 13.2. The first kappa shape index (κ1) is 12.9. The number of rotatable bonds is 5. The molecule has 0 amide bonds. The maximum absolute atomic E-state index is 8.72. The molecule has 18 heavy (non-hydrogen) atoms. The summed E-state index contributed by atoms with van der Waals surface area (Å²) in [6, 6.07) is 10.8. The zero-order valence-electron chi connectivity index (χ0n) is 10.9. The summed E-state index contributed by atoms with van der Waals surface area (Å²) in [4.78, 5) is 0. The number of hydrogen-bond donors (Lipinski definition) is 3. The first-order valence-electron chi connectivity index (χ1n) is 6.30. The van der Waals surface area contributed by atoms with E-state index < -0.39 is 0 Å². The van der Waals surface area contributed by atoms with Crippen molar-refractivity contribution < 1.29 is 5.21 Å². The average molecular weight is 247 g/mol. The molecular weight excluding hydrogens is 226 g/mol. The second-order valence-corrected chi connectivity index (χ2v) is 5.67. The molecule has 0 saturated heterocycles. The highest BCUT2D eigenvalue weighted by molar-refractivity contribution is 5.80. The van der Waals surface area contributed by atoms with Crippen LogP contribution in [0, 0.1) is 5.41 Å². The third kappa shape index (κ3) is 3.01. The summed E-state index contributed by atoms with van der Waals surface area (Å²) < 4.78 is 0. The van der Waals surface area contributed by atoms with Crippen molar-refractivity contribution in [2.24, 2.45) is 16.3 Å². The van der Waals surface area contributed by atoms with Gasteiger partial charge in [0.2, 0.25) is 0 Å². The number of nitrogens with zero attached hydrogens (tertiary/aromatic N) is 1. The Balaban J connectivity index is 2.08. The molecule has 1 aliphatic rings. The van der Waals surface area contributed by atoms with Crippen molar-refractivity contribution in [3.05, 3.63) is 35.9 Å². The number of benzene rings is 1. The lowest BCUT2D eigenvalue weighted by Gasteiger charge is -2.19. The first-order chi connectivity index (χ1) is 8.53. The van der Waals surface area contributed by atoms with Gasteiger partial charge in [-0.15, -0.1) is 0 Å². The molecule has 2 rings (SSSR count). The van der Waals surface area contributed by atoms with Gasteiger partial charge < -0.3 is 16.3 Å². The Hall–Kier alpha value is -1.55. The summed E-state index contributed by atoms with van der Waals surface area (Å²) in [5.41, 5.74) is 7.17. The van der Waals surface area contributed by atoms with Gasteiger partial charge in [0.05, 0.1) is 0 Å². The van der Waals surface area contributed by atoms with Crippen molar-refractivity contribution in [1.29, 1.82) is 0 Å². The summed E-state index contributed by atoms with van der Waals surface area (Å²) in [5, 5.41) is 15.4. The normalized spacial score (nSPS) is 23.7. The summed E-state index contributed by atoms with van der Waals surface area (Å²) in [7, 11) is 0. The molecule has 1 saturated carbocycles. The van der Waals surface area contributed by atoms with E-state index in [-0.39, 0.29) is 11.9 Å². The molecule has 4 nitrogen and oxygen atoms in total. The Morgan fingerprint density at radius 1 is 1.50 bits per heavy atom. The third-order valence-electron chi connectivity index (χ3n) is 3.66. The molecule has 0 aromatic heterocycles. The molecule has 1 aromatic carbocycles. The molecule has 4 N–H and O–H groups in total. The first-order valence-corrected chi connectivity index (χ1v) is 6.30. The Morgan fingerprint density at radius 3 is 2.61 bits per heavy atom. The van der Waals surface area contributed by atoms with Crippen LogP contribution in [0.2, 0.25) is 0 Å². The topological polar surface area (TPSA) is 70.6 Å². The number of hydrogen-bond acceptors (Lipinski definition) is 3. The predicted octanol–water partition coefficient (Wildman–Crippen LogP) is 2.25. The Labute approximate surface area is 108 Å². The summed E-state index contributed by atoms with van der Waals surface area (Å²) >= 11 is 0. The van der Waals surface area contributed by atoms with Crippen LogP contribution in [0.15, 0.2) is 35.5 Å². The van der Waals surface area contributed by atoms with Crippen LogP contribution in [0.25, 0.3) is 0 Å². The van der Waals surface area contributed by atoms with Crippen LogP contribution >= 0.6 is 0 Å². The molecule has 98 valence electrons. The molecule has 0 heterocycles. The quantitative estimate of drug-likeness (QED) is 0.323. The Bertz CT molecular complexity index is 428. The van der Waals surface area contributed by atoms with Crippen molar-refractivity contribution >= 4 is 5.84 Å². The zero-order valence-corrected chi connectivity index (χ0v) is 10.9. The molecule has 1 aliphatic carbocycles. The van der Waals surface area contributed by atoms with E-state index in [0.717, 1.165) is 0 Å². The van der Waals surface area contributed by atoms with E-state index in [1.807, 2.05) is 18.2 Å². The standard InChI is InChI=1S/C14H21N3O/c1-14(2)9-12(14)16-11(8-13(15)17-18)10-6-4-3-5-7-10/h3-7,11-12,16,18H,8-9H2,1-2H3,(H2,15,17). The fraction of sp³-hybridized carbons (Fsp3) is 0.500. The second kappa shape index (κ2) is 4.98. The average Bonchev–Trinajstić information content (AvgIpc) is 2.96. The molecule has 0 spiro atoms. The van der Waals surface area contributed by atoms with E-state index in [9.17, 15) is 0 Å². The molecule has 1 fully saturated rings. The van der Waals surface area contributed by atoms with Crippen molar-refractivity contribution in [2.75, 3.05) is 0 Å². The predicted molar refractivity (Wildman–Crippen MR) is 72.5 cm³/mol. The highest BCUT2D eigenvalue weighted by atomic mass is 16.4. The van der Waals surface area contributed by atoms with Gasteiger partial charge in [-0.25, -0.2) is 0 Å². The number of amidine groups is 1. The van der Waals surface area contributed by atoms with Crippen molar-refractivity contribution in [1.82, 2.24) is 5.32 Å². The van der Waals surface area contributed by atoms with Gasteiger partial charge in [0.25, 0.3) is 0 Å². The second-order valence-electron chi connectivity index (χ2n) is 5.67. The molecular formula is C14H21N3O. The molecule has 4 heteroatoms. The van der Waals surface area contributed by atoms with Gasteiger partial charge in [0, 0.05) is 18.5 Å². The van der Waals surface area contributed by atoms with Gasteiger partial charge in [-0.1, -0.05) is 49.3 Å². The lowest BCUT2D eigenvalue weighted by Crippen LogP contribution is -2.30. The van der Waals surface area contributed by atoms with E-state index in [1.165, 1.54) is 12.0 Å². The number of nitrogens with two attached hydrogens (primary N) is 1. The fourth-order valence-corrected chi connectivity index (χ4v) is 2.20. The molecule has 0 bridgehead atoms. The third-order valence-corrected chi connectivity index (χ3v) is 3.66. The lowest BCUT2D eigenvalue weighted by molar-refractivity contribution is 0.315. The van der Waals surface area contributed by atoms with Crippen LogP contribution in [0.5, 0.6) is 0 Å². The van der Waals surface area contributed by atoms with Crippen LogP contribution < -0.4 is 11.1 Å². The lowest BCUT2D eigenvalue weighted by atomic mass is 10.0. The highest BCUT2D eigenvalue weighted by Gasteiger charge is 2.46. The van der Waals surface area contributed by atoms with Gasteiger partial charge in [-0.2, -0.15) is 0 Å². The van der Waals surface area contributed by atoms with Crippen molar-refractivity contribution in [3.8, 4) is 0 Å². The summed E-state index contributed by atoms with van der Waals surface area (Å²) in [6.07, 6.45) is 1.69. The number of nitrogens with one attached hydrogen (secondary N) is 1. The van der Waals surface area contributed by atoms with Crippen LogP contribution in [-0.4, -0.2) is 17.1 Å². The smallest absolute Gasteiger partial charge is 0.141 e. The van der Waals surface area contributed by atoms with Crippen LogP contribution in [0.3, 0.4) is 0 Å². The largest absolute Gasteiger partial charge is 0.409 e. The summed E-state index contributed by atoms with van der Waals surface area (Å²) in [6.45, 7) is 4.49. The van der Waals surface area contributed by atoms with Crippen molar-refractivity contribution in [2.45, 2.75) is 38.8 Å². The van der Waals surface area contributed by atoms with E-state index in [2.05, 4.69) is 36.5 Å². The summed E-state index contributed by atoms with van der Waals surface area (Å²) in [5.74, 6) is 0.259. The maximum atomic E-state index is 8.72. The van der Waals surface area contributed by atoms with E-state index in [0.29, 0.717) is 17.9 Å². The Morgan fingerprint density at radius 2 is 2.11 bits per heavy atom. The van der Waals surface area contributed by atoms with Crippen LogP contribution in [0.4, 0.5) is 0 Å². The molecule has 2 atom stereocenters.